The van der Waals surface area contributed by atoms with Gasteiger partial charge in [-0.25, -0.2) is 0 Å². The van der Waals surface area contributed by atoms with E-state index in [1.165, 1.54) is 17.0 Å². The summed E-state index contributed by atoms with van der Waals surface area (Å²) in [5.74, 6) is -0.169. The van der Waals surface area contributed by atoms with Crippen LogP contribution < -0.4 is 0 Å². The number of carbonyl (C=O) groups excluding carboxylic acids is 1. The molecular weight excluding hydrogens is 323 g/mol. The SMILES string of the molecule is CSc1ccc(C(=O)N(C)Cc2ccc(C(F)(F)F)cc2)cc1. The second-order valence-corrected chi connectivity index (χ2v) is 5.96. The Hall–Kier alpha value is -1.95. The van der Waals surface area contributed by atoms with Crippen LogP contribution in [0.2, 0.25) is 0 Å². The third-order valence-corrected chi connectivity index (χ3v) is 4.13. The summed E-state index contributed by atoms with van der Waals surface area (Å²) in [5.41, 5.74) is 0.509. The van der Waals surface area contributed by atoms with Gasteiger partial charge < -0.3 is 4.90 Å². The van der Waals surface area contributed by atoms with Gasteiger partial charge in [-0.05, 0) is 48.2 Å². The van der Waals surface area contributed by atoms with Crippen molar-refractivity contribution in [2.45, 2.75) is 17.6 Å². The molecule has 0 N–H and O–H groups in total. The fourth-order valence-corrected chi connectivity index (χ4v) is 2.51. The van der Waals surface area contributed by atoms with Crippen LogP contribution in [0.15, 0.2) is 53.4 Å². The van der Waals surface area contributed by atoms with Crippen LogP contribution in [-0.2, 0) is 12.7 Å². The van der Waals surface area contributed by atoms with Crippen molar-refractivity contribution < 1.29 is 18.0 Å². The molecule has 0 unspecified atom stereocenters. The second-order valence-electron chi connectivity index (χ2n) is 5.08. The van der Waals surface area contributed by atoms with Gasteiger partial charge in [-0.3, -0.25) is 4.79 Å². The number of carbonyl (C=O) groups is 1. The van der Waals surface area contributed by atoms with E-state index in [2.05, 4.69) is 0 Å². The molecule has 122 valence electrons. The van der Waals surface area contributed by atoms with Crippen molar-refractivity contribution in [3.05, 3.63) is 65.2 Å². The largest absolute Gasteiger partial charge is 0.416 e. The number of hydrogen-bond acceptors (Lipinski definition) is 2. The van der Waals surface area contributed by atoms with Gasteiger partial charge in [-0.1, -0.05) is 12.1 Å². The molecular formula is C17H16F3NOS. The fraction of sp³-hybridized carbons (Fsp3) is 0.235. The van der Waals surface area contributed by atoms with Gasteiger partial charge in [0.15, 0.2) is 0 Å². The first-order chi connectivity index (χ1) is 10.8. The summed E-state index contributed by atoms with van der Waals surface area (Å²) in [6.07, 6.45) is -2.40. The Labute approximate surface area is 137 Å². The van der Waals surface area contributed by atoms with Crippen LogP contribution in [0.3, 0.4) is 0 Å². The average molecular weight is 339 g/mol. The minimum absolute atomic E-state index is 0.169. The van der Waals surface area contributed by atoms with Gasteiger partial charge in [-0.2, -0.15) is 13.2 Å². The average Bonchev–Trinajstić information content (AvgIpc) is 2.54. The summed E-state index contributed by atoms with van der Waals surface area (Å²) >= 11 is 1.59. The number of benzene rings is 2. The molecule has 0 aliphatic carbocycles. The molecule has 0 aromatic heterocycles. The Balaban J connectivity index is 2.05. The summed E-state index contributed by atoms with van der Waals surface area (Å²) in [6, 6.07) is 12.1. The smallest absolute Gasteiger partial charge is 0.337 e. The Morgan fingerprint density at radius 2 is 1.61 bits per heavy atom. The molecule has 0 aliphatic heterocycles. The summed E-state index contributed by atoms with van der Waals surface area (Å²) in [7, 11) is 1.63. The molecule has 2 aromatic carbocycles. The van der Waals surface area contributed by atoms with E-state index >= 15 is 0 Å². The standard InChI is InChI=1S/C17H16F3NOS/c1-21(16(22)13-5-9-15(23-2)10-6-13)11-12-3-7-14(8-4-12)17(18,19)20/h3-10H,11H2,1-2H3. The van der Waals surface area contributed by atoms with E-state index in [0.717, 1.165) is 17.0 Å². The molecule has 1 amide bonds. The maximum absolute atomic E-state index is 12.5. The van der Waals surface area contributed by atoms with E-state index in [9.17, 15) is 18.0 Å². The lowest BCUT2D eigenvalue weighted by Crippen LogP contribution is -2.26. The lowest BCUT2D eigenvalue weighted by Gasteiger charge is -2.18. The van der Waals surface area contributed by atoms with Gasteiger partial charge in [0, 0.05) is 24.1 Å². The molecule has 0 radical (unpaired) electrons. The summed E-state index contributed by atoms with van der Waals surface area (Å²) in [4.78, 5) is 14.9. The van der Waals surface area contributed by atoms with E-state index in [1.807, 2.05) is 18.4 Å². The first-order valence-corrected chi connectivity index (χ1v) is 8.09. The first kappa shape index (κ1) is 17.4. The van der Waals surface area contributed by atoms with E-state index in [0.29, 0.717) is 11.1 Å². The molecule has 2 rings (SSSR count). The highest BCUT2D eigenvalue weighted by atomic mass is 32.2. The van der Waals surface area contributed by atoms with Crippen molar-refractivity contribution in [1.29, 1.82) is 0 Å². The van der Waals surface area contributed by atoms with E-state index in [-0.39, 0.29) is 12.5 Å². The maximum atomic E-state index is 12.5. The van der Waals surface area contributed by atoms with Gasteiger partial charge in [0.25, 0.3) is 5.91 Å². The van der Waals surface area contributed by atoms with E-state index in [1.54, 1.807) is 30.9 Å². The van der Waals surface area contributed by atoms with Crippen LogP contribution in [0.4, 0.5) is 13.2 Å². The molecule has 0 bridgehead atoms. The summed E-state index contributed by atoms with van der Waals surface area (Å²) in [6.45, 7) is 0.251. The quantitative estimate of drug-likeness (QED) is 0.753. The maximum Gasteiger partial charge on any atom is 0.416 e. The van der Waals surface area contributed by atoms with Crippen molar-refractivity contribution in [2.75, 3.05) is 13.3 Å². The van der Waals surface area contributed by atoms with Crippen molar-refractivity contribution in [3.8, 4) is 0 Å². The lowest BCUT2D eigenvalue weighted by molar-refractivity contribution is -0.137. The number of rotatable bonds is 4. The Bertz CT molecular complexity index is 666. The Kier molecular flexibility index (Phi) is 5.36. The van der Waals surface area contributed by atoms with Gasteiger partial charge in [0.05, 0.1) is 5.56 Å². The molecule has 0 aliphatic rings. The molecule has 0 atom stereocenters. The van der Waals surface area contributed by atoms with Crippen LogP contribution >= 0.6 is 11.8 Å². The number of halogens is 3. The third-order valence-electron chi connectivity index (χ3n) is 3.38. The lowest BCUT2D eigenvalue weighted by atomic mass is 10.1. The molecule has 2 aromatic rings. The molecule has 0 saturated carbocycles. The van der Waals surface area contributed by atoms with E-state index in [4.69, 9.17) is 0 Å². The summed E-state index contributed by atoms with van der Waals surface area (Å²) < 4.78 is 37.6. The first-order valence-electron chi connectivity index (χ1n) is 6.87. The fourth-order valence-electron chi connectivity index (χ4n) is 2.10. The second kappa shape index (κ2) is 7.08. The van der Waals surface area contributed by atoms with Crippen LogP contribution in [0, 0.1) is 0 Å². The normalized spacial score (nSPS) is 11.3. The number of alkyl halides is 3. The molecule has 0 saturated heterocycles. The molecule has 0 fully saturated rings. The number of amides is 1. The molecule has 0 spiro atoms. The van der Waals surface area contributed by atoms with Crippen LogP contribution in [0.5, 0.6) is 0 Å². The van der Waals surface area contributed by atoms with Crippen LogP contribution in [0.1, 0.15) is 21.5 Å². The molecule has 2 nitrogen and oxygen atoms in total. The van der Waals surface area contributed by atoms with Crippen molar-refractivity contribution >= 4 is 17.7 Å². The monoisotopic (exact) mass is 339 g/mol. The van der Waals surface area contributed by atoms with Gasteiger partial charge in [0.2, 0.25) is 0 Å². The van der Waals surface area contributed by atoms with Gasteiger partial charge >= 0.3 is 6.18 Å². The number of hydrogen-bond donors (Lipinski definition) is 0. The van der Waals surface area contributed by atoms with Crippen LogP contribution in [-0.4, -0.2) is 24.1 Å². The minimum Gasteiger partial charge on any atom is -0.337 e. The highest BCUT2D eigenvalue weighted by molar-refractivity contribution is 7.98. The van der Waals surface area contributed by atoms with Crippen molar-refractivity contribution in [3.63, 3.8) is 0 Å². The van der Waals surface area contributed by atoms with Gasteiger partial charge in [-0.15, -0.1) is 11.8 Å². The van der Waals surface area contributed by atoms with Gasteiger partial charge in [0.1, 0.15) is 0 Å². The molecule has 23 heavy (non-hydrogen) atoms. The zero-order valence-electron chi connectivity index (χ0n) is 12.7. The Morgan fingerprint density at radius 3 is 2.09 bits per heavy atom. The van der Waals surface area contributed by atoms with Crippen LogP contribution in [0.25, 0.3) is 0 Å². The van der Waals surface area contributed by atoms with E-state index < -0.39 is 11.7 Å². The van der Waals surface area contributed by atoms with Crippen molar-refractivity contribution in [1.82, 2.24) is 4.90 Å². The molecule has 0 heterocycles. The summed E-state index contributed by atoms with van der Waals surface area (Å²) in [5, 5.41) is 0. The zero-order valence-corrected chi connectivity index (χ0v) is 13.5. The Morgan fingerprint density at radius 1 is 1.04 bits per heavy atom. The zero-order chi connectivity index (χ0) is 17.0. The van der Waals surface area contributed by atoms with Crippen molar-refractivity contribution in [2.24, 2.45) is 0 Å². The number of nitrogens with zero attached hydrogens (tertiary/aromatic N) is 1. The highest BCUT2D eigenvalue weighted by Crippen LogP contribution is 2.29. The number of thioether (sulfide) groups is 1. The topological polar surface area (TPSA) is 20.3 Å². The highest BCUT2D eigenvalue weighted by Gasteiger charge is 2.29. The predicted molar refractivity (Wildman–Crippen MR) is 85.5 cm³/mol. The predicted octanol–water partition coefficient (Wildman–Crippen LogP) is 4.70. The third kappa shape index (κ3) is 4.51. The molecule has 6 heteroatoms. The minimum atomic E-state index is -4.35.